The van der Waals surface area contributed by atoms with Crippen molar-refractivity contribution in [1.29, 1.82) is 0 Å². The zero-order valence-corrected chi connectivity index (χ0v) is 10.1. The van der Waals surface area contributed by atoms with Gasteiger partial charge in [0.05, 0.1) is 10.8 Å². The number of nitrogens with zero attached hydrogens (tertiary/aromatic N) is 4. The Bertz CT molecular complexity index is 443. The minimum atomic E-state index is 0.450. The van der Waals surface area contributed by atoms with Gasteiger partial charge < -0.3 is 4.57 Å². The minimum Gasteiger partial charge on any atom is -0.337 e. The Kier molecular flexibility index (Phi) is 3.33. The van der Waals surface area contributed by atoms with Gasteiger partial charge in [-0.15, -0.1) is 0 Å². The summed E-state index contributed by atoms with van der Waals surface area (Å²) >= 11 is 9.10. The lowest BCUT2D eigenvalue weighted by molar-refractivity contribution is 0.670. The van der Waals surface area contributed by atoms with Gasteiger partial charge in [0, 0.05) is 31.6 Å². The lowest BCUT2D eigenvalue weighted by atomic mass is 10.4. The monoisotopic (exact) mass is 286 g/mol. The molecule has 15 heavy (non-hydrogen) atoms. The lowest BCUT2D eigenvalue weighted by Crippen LogP contribution is -2.02. The summed E-state index contributed by atoms with van der Waals surface area (Å²) in [4.78, 5) is 12.3. The molecule has 0 atom stereocenters. The Labute approximate surface area is 100 Å². The van der Waals surface area contributed by atoms with Crippen molar-refractivity contribution in [2.45, 2.75) is 13.0 Å². The first-order valence-electron chi connectivity index (χ1n) is 4.38. The lowest BCUT2D eigenvalue weighted by Gasteiger charge is -2.02. The topological polar surface area (TPSA) is 43.6 Å². The SMILES string of the molecule is Clc1nc(CCn2ccnc2)ncc1Br. The normalized spacial score (nSPS) is 10.5. The first kappa shape index (κ1) is 10.6. The van der Waals surface area contributed by atoms with Crippen molar-refractivity contribution in [3.8, 4) is 0 Å². The molecule has 0 bridgehead atoms. The van der Waals surface area contributed by atoms with Crippen molar-refractivity contribution >= 4 is 27.5 Å². The van der Waals surface area contributed by atoms with Crippen LogP contribution in [0, 0.1) is 0 Å². The van der Waals surface area contributed by atoms with E-state index in [0.29, 0.717) is 5.15 Å². The molecular formula is C9H8BrClN4. The summed E-state index contributed by atoms with van der Waals surface area (Å²) in [6.07, 6.45) is 7.82. The van der Waals surface area contributed by atoms with Gasteiger partial charge >= 0.3 is 0 Å². The van der Waals surface area contributed by atoms with Crippen LogP contribution >= 0.6 is 27.5 Å². The van der Waals surface area contributed by atoms with Crippen LogP contribution in [-0.2, 0) is 13.0 Å². The summed E-state index contributed by atoms with van der Waals surface area (Å²) in [5.74, 6) is 0.733. The Balaban J connectivity index is 2.02. The second-order valence-electron chi connectivity index (χ2n) is 2.98. The van der Waals surface area contributed by atoms with E-state index in [1.165, 1.54) is 0 Å². The molecular weight excluding hydrogens is 279 g/mol. The quantitative estimate of drug-likeness (QED) is 0.814. The summed E-state index contributed by atoms with van der Waals surface area (Å²) in [5.41, 5.74) is 0. The number of imidazole rings is 1. The number of aryl methyl sites for hydroxylation is 2. The maximum Gasteiger partial charge on any atom is 0.146 e. The van der Waals surface area contributed by atoms with Gasteiger partial charge in [0.2, 0.25) is 0 Å². The summed E-state index contributed by atoms with van der Waals surface area (Å²) in [6.45, 7) is 0.804. The molecule has 0 aromatic carbocycles. The van der Waals surface area contributed by atoms with Gasteiger partial charge in [-0.2, -0.15) is 0 Å². The number of rotatable bonds is 3. The molecule has 2 rings (SSSR count). The summed E-state index contributed by atoms with van der Waals surface area (Å²) in [7, 11) is 0. The standard InChI is InChI=1S/C9H8BrClN4/c10-7-5-13-8(14-9(7)11)1-3-15-4-2-12-6-15/h2,4-6H,1,3H2. The summed E-state index contributed by atoms with van der Waals surface area (Å²) in [6, 6.07) is 0. The van der Waals surface area contributed by atoms with Crippen molar-refractivity contribution < 1.29 is 0 Å². The van der Waals surface area contributed by atoms with Crippen molar-refractivity contribution in [1.82, 2.24) is 19.5 Å². The molecule has 0 unspecified atom stereocenters. The molecule has 2 heterocycles. The first-order valence-corrected chi connectivity index (χ1v) is 5.55. The molecule has 0 saturated carbocycles. The predicted molar refractivity (Wildman–Crippen MR) is 60.7 cm³/mol. The second-order valence-corrected chi connectivity index (χ2v) is 4.19. The number of halogens is 2. The third kappa shape index (κ3) is 2.76. The molecule has 78 valence electrons. The van der Waals surface area contributed by atoms with E-state index in [1.807, 2.05) is 10.8 Å². The Morgan fingerprint density at radius 3 is 3.00 bits per heavy atom. The molecule has 0 N–H and O–H groups in total. The number of hydrogen-bond donors (Lipinski definition) is 0. The molecule has 0 aliphatic rings. The Morgan fingerprint density at radius 1 is 1.47 bits per heavy atom. The third-order valence-electron chi connectivity index (χ3n) is 1.90. The van der Waals surface area contributed by atoms with E-state index in [2.05, 4.69) is 30.9 Å². The van der Waals surface area contributed by atoms with Crippen molar-refractivity contribution in [2.24, 2.45) is 0 Å². The molecule has 2 aromatic heterocycles. The molecule has 0 aliphatic heterocycles. The molecule has 0 saturated heterocycles. The smallest absolute Gasteiger partial charge is 0.146 e. The third-order valence-corrected chi connectivity index (χ3v) is 3.00. The van der Waals surface area contributed by atoms with Crippen LogP contribution in [0.1, 0.15) is 5.82 Å². The van der Waals surface area contributed by atoms with Crippen LogP contribution < -0.4 is 0 Å². The molecule has 0 fully saturated rings. The fraction of sp³-hybridized carbons (Fsp3) is 0.222. The zero-order chi connectivity index (χ0) is 10.7. The molecule has 0 radical (unpaired) electrons. The predicted octanol–water partition coefficient (Wildman–Crippen LogP) is 2.33. The average molecular weight is 288 g/mol. The number of aromatic nitrogens is 4. The Hall–Kier alpha value is -0.940. The highest BCUT2D eigenvalue weighted by Gasteiger charge is 2.02. The van der Waals surface area contributed by atoms with Gasteiger partial charge in [-0.3, -0.25) is 0 Å². The van der Waals surface area contributed by atoms with E-state index < -0.39 is 0 Å². The summed E-state index contributed by atoms with van der Waals surface area (Å²) in [5, 5.41) is 0.450. The van der Waals surface area contributed by atoms with E-state index in [0.717, 1.165) is 23.3 Å². The van der Waals surface area contributed by atoms with E-state index in [1.54, 1.807) is 18.7 Å². The minimum absolute atomic E-state index is 0.450. The molecule has 0 amide bonds. The first-order chi connectivity index (χ1) is 7.25. The van der Waals surface area contributed by atoms with Crippen molar-refractivity contribution in [3.05, 3.63) is 40.4 Å². The van der Waals surface area contributed by atoms with Crippen LogP contribution in [0.15, 0.2) is 29.4 Å². The van der Waals surface area contributed by atoms with Gasteiger partial charge in [-0.25, -0.2) is 15.0 Å². The van der Waals surface area contributed by atoms with Crippen LogP contribution in [0.2, 0.25) is 5.15 Å². The maximum atomic E-state index is 5.86. The van der Waals surface area contributed by atoms with Crippen LogP contribution in [-0.4, -0.2) is 19.5 Å². The molecule has 6 heteroatoms. The van der Waals surface area contributed by atoms with Crippen LogP contribution in [0.3, 0.4) is 0 Å². The van der Waals surface area contributed by atoms with Crippen LogP contribution in [0.25, 0.3) is 0 Å². The van der Waals surface area contributed by atoms with Gasteiger partial charge in [0.25, 0.3) is 0 Å². The van der Waals surface area contributed by atoms with Crippen LogP contribution in [0.5, 0.6) is 0 Å². The fourth-order valence-corrected chi connectivity index (χ4v) is 1.49. The molecule has 0 aliphatic carbocycles. The van der Waals surface area contributed by atoms with Gasteiger partial charge in [-0.1, -0.05) is 11.6 Å². The van der Waals surface area contributed by atoms with E-state index in [-0.39, 0.29) is 0 Å². The zero-order valence-electron chi connectivity index (χ0n) is 7.77. The van der Waals surface area contributed by atoms with Gasteiger partial charge in [0.1, 0.15) is 11.0 Å². The van der Waals surface area contributed by atoms with Crippen LogP contribution in [0.4, 0.5) is 0 Å². The second kappa shape index (κ2) is 4.72. The summed E-state index contributed by atoms with van der Waals surface area (Å²) < 4.78 is 2.69. The highest BCUT2D eigenvalue weighted by Crippen LogP contribution is 2.18. The van der Waals surface area contributed by atoms with E-state index >= 15 is 0 Å². The average Bonchev–Trinajstić information content (AvgIpc) is 2.73. The molecule has 2 aromatic rings. The van der Waals surface area contributed by atoms with Gasteiger partial charge in [-0.05, 0) is 15.9 Å². The number of hydrogen-bond acceptors (Lipinski definition) is 3. The fourth-order valence-electron chi connectivity index (χ4n) is 1.15. The van der Waals surface area contributed by atoms with E-state index in [9.17, 15) is 0 Å². The highest BCUT2D eigenvalue weighted by atomic mass is 79.9. The Morgan fingerprint density at radius 2 is 2.33 bits per heavy atom. The van der Waals surface area contributed by atoms with Gasteiger partial charge in [0.15, 0.2) is 0 Å². The van der Waals surface area contributed by atoms with Crippen molar-refractivity contribution in [3.63, 3.8) is 0 Å². The highest BCUT2D eigenvalue weighted by molar-refractivity contribution is 9.10. The maximum absolute atomic E-state index is 5.86. The van der Waals surface area contributed by atoms with Crippen molar-refractivity contribution in [2.75, 3.05) is 0 Å². The molecule has 4 nitrogen and oxygen atoms in total. The molecule has 0 spiro atoms. The van der Waals surface area contributed by atoms with E-state index in [4.69, 9.17) is 11.6 Å². The largest absolute Gasteiger partial charge is 0.337 e.